The molecular weight excluding hydrogens is 2350 g/mol. The summed E-state index contributed by atoms with van der Waals surface area (Å²) in [5.41, 5.74) is 12.0. The summed E-state index contributed by atoms with van der Waals surface area (Å²) in [5.74, 6) is 12.5. The summed E-state index contributed by atoms with van der Waals surface area (Å²) >= 11 is 8.68. The van der Waals surface area contributed by atoms with Crippen LogP contribution in [0, 0.1) is 26.1 Å². The maximum absolute atomic E-state index is 12.3. The van der Waals surface area contributed by atoms with E-state index in [9.17, 15) is 49.8 Å². The van der Waals surface area contributed by atoms with Crippen LogP contribution in [0.3, 0.4) is 0 Å². The van der Waals surface area contributed by atoms with Crippen LogP contribution in [0.15, 0.2) is 364 Å². The second-order valence-corrected chi connectivity index (χ2v) is 38.2. The quantitative estimate of drug-likeness (QED) is 0.00775. The number of carbonyl (C=O) groups is 4. The molecule has 0 bridgehead atoms. The first-order chi connectivity index (χ1) is 72.6. The molecule has 16 aromatic carbocycles. The highest BCUT2D eigenvalue weighted by atomic mass is 127. The second-order valence-electron chi connectivity index (χ2n) is 33.5. The summed E-state index contributed by atoms with van der Waals surface area (Å²) in [6.07, 6.45) is 0.647. The predicted molar refractivity (Wildman–Crippen MR) is 613 cm³/mol. The number of aliphatic hydroxyl groups is 9. The zero-order valence-electron chi connectivity index (χ0n) is 83.8. The molecule has 772 valence electrons. The number of aliphatic hydroxyl groups excluding tert-OH is 6. The van der Waals surface area contributed by atoms with Crippen LogP contribution in [0.4, 0.5) is 0 Å². The number of rotatable bonds is 34. The van der Waals surface area contributed by atoms with Crippen molar-refractivity contribution in [2.24, 2.45) is 0 Å². The lowest BCUT2D eigenvalue weighted by Gasteiger charge is -2.31. The second kappa shape index (κ2) is 57.9. The van der Waals surface area contributed by atoms with Gasteiger partial charge in [0.15, 0.2) is 17.3 Å². The lowest BCUT2D eigenvalue weighted by Crippen LogP contribution is -2.29. The molecule has 0 spiro atoms. The normalized spacial score (nSPS) is 11.7. The summed E-state index contributed by atoms with van der Waals surface area (Å²) < 4.78 is 51.1. The van der Waals surface area contributed by atoms with E-state index in [1.807, 2.05) is 200 Å². The minimum absolute atomic E-state index is 0.0169. The first-order valence-corrected chi connectivity index (χ1v) is 51.3. The van der Waals surface area contributed by atoms with Crippen molar-refractivity contribution in [3.05, 3.63) is 506 Å². The van der Waals surface area contributed by atoms with Crippen molar-refractivity contribution in [2.45, 2.75) is 75.8 Å². The molecule has 0 heterocycles. The molecule has 3 unspecified atom stereocenters. The molecule has 0 saturated carbocycles. The van der Waals surface area contributed by atoms with Gasteiger partial charge in [0.1, 0.15) is 68.5 Å². The molecule has 3 atom stereocenters. The molecule has 16 rings (SSSR count). The van der Waals surface area contributed by atoms with Crippen molar-refractivity contribution in [3.63, 3.8) is 0 Å². The van der Waals surface area contributed by atoms with Crippen molar-refractivity contribution in [2.75, 3.05) is 64.0 Å². The fourth-order valence-corrected chi connectivity index (χ4v) is 18.7. The molecule has 10 N–H and O–H groups in total. The van der Waals surface area contributed by atoms with Gasteiger partial charge in [-0.3, -0.25) is 19.2 Å². The number of carbonyl (C=O) groups excluding carboxylic acids is 4. The smallest absolute Gasteiger partial charge is 0.221 e. The molecular formula is C123H115I4NO22. The largest absolute Gasteiger partial charge is 0.497 e. The minimum atomic E-state index is -1.51. The van der Waals surface area contributed by atoms with E-state index in [4.69, 9.17) is 58.0 Å². The van der Waals surface area contributed by atoms with E-state index in [2.05, 4.69) is 108 Å². The molecule has 0 fully saturated rings. The lowest BCUT2D eigenvalue weighted by molar-refractivity contribution is -0.121. The van der Waals surface area contributed by atoms with Crippen LogP contribution in [0.1, 0.15) is 155 Å². The van der Waals surface area contributed by atoms with E-state index in [0.29, 0.717) is 91.2 Å². The highest BCUT2D eigenvalue weighted by molar-refractivity contribution is 14.1. The first kappa shape index (κ1) is 117. The molecule has 150 heavy (non-hydrogen) atoms. The monoisotopic (exact) mass is 2470 g/mol. The maximum Gasteiger partial charge on any atom is 0.221 e. The Labute approximate surface area is 928 Å². The zero-order chi connectivity index (χ0) is 108. The van der Waals surface area contributed by atoms with Crippen molar-refractivity contribution in [3.8, 4) is 63.6 Å². The van der Waals surface area contributed by atoms with Gasteiger partial charge in [0.05, 0.1) is 123 Å². The summed E-state index contributed by atoms with van der Waals surface area (Å²) in [6, 6.07) is 109. The Morgan fingerprint density at radius 3 is 0.747 bits per heavy atom. The minimum Gasteiger partial charge on any atom is -0.497 e. The Morgan fingerprint density at radius 2 is 0.480 bits per heavy atom. The highest BCUT2D eigenvalue weighted by Gasteiger charge is 2.38. The summed E-state index contributed by atoms with van der Waals surface area (Å²) in [6.45, 7) is 0.254. The highest BCUT2D eigenvalue weighted by Crippen LogP contribution is 2.44. The van der Waals surface area contributed by atoms with Crippen molar-refractivity contribution < 1.29 is 108 Å². The molecule has 27 heteroatoms. The van der Waals surface area contributed by atoms with Crippen molar-refractivity contribution in [1.29, 1.82) is 0 Å². The third kappa shape index (κ3) is 30.6. The van der Waals surface area contributed by atoms with E-state index in [-0.39, 0.29) is 69.3 Å². The molecule has 16 aromatic rings. The van der Waals surface area contributed by atoms with Gasteiger partial charge in [0.2, 0.25) is 5.91 Å². The van der Waals surface area contributed by atoms with E-state index in [1.54, 1.807) is 228 Å². The third-order valence-corrected chi connectivity index (χ3v) is 27.7. The number of hydrogen-bond donors (Lipinski definition) is 10. The third-order valence-electron chi connectivity index (χ3n) is 24.4. The number of halogens is 4. The fraction of sp³-hybridized carbons (Fsp3) is 0.171. The van der Waals surface area contributed by atoms with Crippen LogP contribution in [0.2, 0.25) is 0 Å². The van der Waals surface area contributed by atoms with Crippen LogP contribution < -0.4 is 47.9 Å². The number of ether oxygens (including phenoxy) is 9. The van der Waals surface area contributed by atoms with Gasteiger partial charge in [0, 0.05) is 52.8 Å². The Hall–Kier alpha value is -13.7. The Morgan fingerprint density at radius 1 is 0.253 bits per heavy atom. The molecule has 1 amide bonds. The number of amides is 1. The fourth-order valence-electron chi connectivity index (χ4n) is 15.7. The van der Waals surface area contributed by atoms with E-state index in [0.717, 1.165) is 116 Å². The molecule has 0 radical (unpaired) electrons. The van der Waals surface area contributed by atoms with Crippen LogP contribution in [-0.4, -0.2) is 133 Å². The standard InChI is InChI=1S/C34H33NO5.2C22H21IO4.2C15H13IO3.C15H14O3/c1-39-31-19-16-29(17-20-31)34(38,28-14-12-26(24-36)13-15-28)30-18-21-32(40-2)27(22-30)10-6-7-11-33(37)35-23-25-8-4-3-5-9-25;2*1-26-19-10-7-17(8-11-19)22(25,16-5-3-15(14-24)4-6-16)18-9-12-21(27-2)20(23)13-18;2*1-19-14-7-6-12(8-13(14)16)15(18)11-4-2-10(9-17)3-5-11;1-18-14-8-6-13(7-9-14)15(17)12-4-2-11(10-16)3-5-12/h3-5,8-9,12-22,36,38H,7,11,23-24H2,1-2H3,(H,35,37);2*3-13,24-25H,14H2,1-2H3;2*2-8,17H,9H2,1H3;2-9,16H,10H2,1H3. The number of methoxy groups -OCH3 is 9. The van der Waals surface area contributed by atoms with Gasteiger partial charge in [-0.2, -0.15) is 0 Å². The van der Waals surface area contributed by atoms with Gasteiger partial charge < -0.3 is 93.9 Å². The van der Waals surface area contributed by atoms with Gasteiger partial charge in [-0.25, -0.2) is 0 Å². The molecule has 0 aliphatic carbocycles. The Balaban J connectivity index is 0.000000175. The van der Waals surface area contributed by atoms with E-state index >= 15 is 0 Å². The summed E-state index contributed by atoms with van der Waals surface area (Å²) in [7, 11) is 14.4. The van der Waals surface area contributed by atoms with Gasteiger partial charge in [0.25, 0.3) is 0 Å². The molecule has 0 aromatic heterocycles. The average Bonchev–Trinajstić information content (AvgIpc) is 0.766. The lowest BCUT2D eigenvalue weighted by atomic mass is 9.79. The van der Waals surface area contributed by atoms with E-state index in [1.165, 1.54) is 0 Å². The SMILES string of the molecule is COc1ccc(C(=O)c2ccc(CO)cc2)cc1.COc1ccc(C(=O)c2ccc(CO)cc2)cc1I.COc1ccc(C(=O)c2ccc(CO)cc2)cc1I.COc1ccc(C(O)(c2ccc(CO)cc2)c2ccc(OC)c(C#CCCC(=O)NCc3ccccc3)c2)cc1.COc1ccc(C(O)(c2ccc(CO)cc2)c2ccc(OC)c(I)c2)cc1.COc1ccc(C(O)(c2ccc(CO)cc2)c2ccc(OC)c(I)c2)cc1. The van der Waals surface area contributed by atoms with Gasteiger partial charge in [-0.1, -0.05) is 242 Å². The number of nitrogens with one attached hydrogen (secondary N) is 1. The molecule has 0 saturated heterocycles. The number of hydrogen-bond acceptors (Lipinski definition) is 22. The molecule has 23 nitrogen and oxygen atoms in total. The van der Waals surface area contributed by atoms with Crippen LogP contribution in [-0.2, 0) is 67.8 Å². The van der Waals surface area contributed by atoms with Crippen LogP contribution >= 0.6 is 90.4 Å². The van der Waals surface area contributed by atoms with Gasteiger partial charge >= 0.3 is 0 Å². The van der Waals surface area contributed by atoms with E-state index < -0.39 is 16.8 Å². The van der Waals surface area contributed by atoms with Crippen LogP contribution in [0.25, 0.3) is 0 Å². The Bertz CT molecular complexity index is 6700. The summed E-state index contributed by atoms with van der Waals surface area (Å²) in [5, 5.41) is 94.0. The van der Waals surface area contributed by atoms with Crippen molar-refractivity contribution in [1.82, 2.24) is 5.32 Å². The van der Waals surface area contributed by atoms with Gasteiger partial charge in [-0.15, -0.1) is 0 Å². The average molecular weight is 2470 g/mol. The topological polar surface area (TPSA) is 345 Å². The van der Waals surface area contributed by atoms with Crippen LogP contribution in [0.5, 0.6) is 51.7 Å². The zero-order valence-corrected chi connectivity index (χ0v) is 92.5. The first-order valence-electron chi connectivity index (χ1n) is 47.0. The maximum atomic E-state index is 12.3. The summed E-state index contributed by atoms with van der Waals surface area (Å²) in [4.78, 5) is 49.0. The van der Waals surface area contributed by atoms with Gasteiger partial charge in [-0.05, 0) is 313 Å². The Kier molecular flexibility index (Phi) is 45.0. The predicted octanol–water partition coefficient (Wildman–Crippen LogP) is 21.6. The molecule has 0 aliphatic heterocycles. The molecule has 0 aliphatic rings. The number of ketones is 3. The van der Waals surface area contributed by atoms with Crippen molar-refractivity contribution >= 4 is 114 Å². The number of benzene rings is 16.